The molecule has 1 saturated heterocycles. The van der Waals surface area contributed by atoms with Gasteiger partial charge in [0.2, 0.25) is 15.9 Å². The summed E-state index contributed by atoms with van der Waals surface area (Å²) in [5.41, 5.74) is 0.256. The Morgan fingerprint density at radius 2 is 1.53 bits per heavy atom. The van der Waals surface area contributed by atoms with Gasteiger partial charge in [-0.15, -0.1) is 0 Å². The molecule has 1 fully saturated rings. The van der Waals surface area contributed by atoms with E-state index >= 15 is 0 Å². The van der Waals surface area contributed by atoms with Gasteiger partial charge in [-0.3, -0.25) is 19.3 Å². The Hall–Kier alpha value is -2.81. The molecule has 0 radical (unpaired) electrons. The predicted octanol–water partition coefficient (Wildman–Crippen LogP) is 2.58. The average molecular weight is 673 g/mol. The number of carboxylic acids is 1. The van der Waals surface area contributed by atoms with Crippen LogP contribution in [-0.2, 0) is 19.6 Å². The van der Waals surface area contributed by atoms with Gasteiger partial charge in [0.05, 0.1) is 32.1 Å². The molecular weight excluding hydrogens is 650 g/mol. The SMILES string of the molecule is COc1c(Br)cc(S(=O)(=O)N2CCN(C(=O)CC[C@@H](C(=O)O)N3C(=O)c4ccccc4C3=O)CC2)cc1Br. The lowest BCUT2D eigenvalue weighted by molar-refractivity contribution is -0.142. The zero-order valence-electron chi connectivity index (χ0n) is 20.1. The molecule has 2 aromatic carbocycles. The molecule has 38 heavy (non-hydrogen) atoms. The van der Waals surface area contributed by atoms with Crippen molar-refractivity contribution in [2.45, 2.75) is 23.8 Å². The predicted molar refractivity (Wildman–Crippen MR) is 141 cm³/mol. The van der Waals surface area contributed by atoms with Gasteiger partial charge in [-0.1, -0.05) is 12.1 Å². The number of carbonyl (C=O) groups is 4. The molecule has 0 aromatic heterocycles. The molecule has 0 saturated carbocycles. The number of methoxy groups -OCH3 is 1. The van der Waals surface area contributed by atoms with Crippen molar-refractivity contribution < 1.29 is 37.4 Å². The van der Waals surface area contributed by atoms with Crippen LogP contribution in [0.4, 0.5) is 0 Å². The average Bonchev–Trinajstić information content (AvgIpc) is 3.14. The third kappa shape index (κ3) is 5.22. The molecule has 11 nitrogen and oxygen atoms in total. The second kappa shape index (κ2) is 11.1. The summed E-state index contributed by atoms with van der Waals surface area (Å²) in [6.45, 7) is 0.328. The topological polar surface area (TPSA) is 142 Å². The minimum atomic E-state index is -3.85. The highest BCUT2D eigenvalue weighted by molar-refractivity contribution is 9.11. The van der Waals surface area contributed by atoms with Crippen molar-refractivity contribution in [2.24, 2.45) is 0 Å². The third-order valence-corrected chi connectivity index (χ3v) is 9.51. The number of benzene rings is 2. The number of halogens is 2. The molecule has 0 unspecified atom stereocenters. The number of carboxylic acid groups (broad SMARTS) is 1. The van der Waals surface area contributed by atoms with E-state index in [9.17, 15) is 32.7 Å². The van der Waals surface area contributed by atoms with E-state index in [1.54, 1.807) is 12.1 Å². The largest absolute Gasteiger partial charge is 0.494 e. The summed E-state index contributed by atoms with van der Waals surface area (Å²) < 4.78 is 33.8. The van der Waals surface area contributed by atoms with Crippen LogP contribution in [0.15, 0.2) is 50.2 Å². The van der Waals surface area contributed by atoms with Crippen LogP contribution >= 0.6 is 31.9 Å². The zero-order chi connectivity index (χ0) is 27.8. The number of hydrogen-bond donors (Lipinski definition) is 1. The molecular formula is C24H23Br2N3O8S. The van der Waals surface area contributed by atoms with E-state index in [0.29, 0.717) is 19.6 Å². The number of fused-ring (bicyclic) bond motifs is 1. The molecule has 2 aliphatic heterocycles. The van der Waals surface area contributed by atoms with Crippen molar-refractivity contribution in [2.75, 3.05) is 33.3 Å². The first kappa shape index (κ1) is 28.2. The van der Waals surface area contributed by atoms with Crippen molar-refractivity contribution >= 4 is 65.6 Å². The van der Waals surface area contributed by atoms with Crippen LogP contribution in [0.5, 0.6) is 5.75 Å². The highest BCUT2D eigenvalue weighted by Gasteiger charge is 2.43. The lowest BCUT2D eigenvalue weighted by atomic mass is 10.1. The summed E-state index contributed by atoms with van der Waals surface area (Å²) in [6, 6.07) is 7.47. The van der Waals surface area contributed by atoms with Crippen molar-refractivity contribution in [3.8, 4) is 5.75 Å². The standard InChI is InChI=1S/C24H23Br2N3O8S/c1-37-21-17(25)12-14(13-18(21)26)38(35,36)28-10-8-27(9-11-28)20(30)7-6-19(24(33)34)29-22(31)15-4-2-3-5-16(15)23(29)32/h2-5,12-13,19H,6-11H2,1H3,(H,33,34)/t19-/m0/s1. The minimum absolute atomic E-state index is 0.0517. The summed E-state index contributed by atoms with van der Waals surface area (Å²) in [5, 5.41) is 9.72. The fraction of sp³-hybridized carbons (Fsp3) is 0.333. The normalized spacial score (nSPS) is 16.9. The molecule has 2 aromatic rings. The van der Waals surface area contributed by atoms with E-state index in [4.69, 9.17) is 4.74 Å². The van der Waals surface area contributed by atoms with Gasteiger partial charge in [-0.25, -0.2) is 13.2 Å². The van der Waals surface area contributed by atoms with Gasteiger partial charge in [-0.05, 0) is 62.5 Å². The quantitative estimate of drug-likeness (QED) is 0.422. The lowest BCUT2D eigenvalue weighted by Gasteiger charge is -2.34. The summed E-state index contributed by atoms with van der Waals surface area (Å²) in [4.78, 5) is 52.4. The molecule has 0 spiro atoms. The maximum absolute atomic E-state index is 13.2. The summed E-state index contributed by atoms with van der Waals surface area (Å²) in [5.74, 6) is -2.73. The van der Waals surface area contributed by atoms with E-state index in [0.717, 1.165) is 0 Å². The number of amides is 3. The summed E-state index contributed by atoms with van der Waals surface area (Å²) in [6.07, 6.45) is -0.485. The number of sulfonamides is 1. The van der Waals surface area contributed by atoms with Crippen LogP contribution in [-0.4, -0.2) is 90.7 Å². The monoisotopic (exact) mass is 671 g/mol. The Bertz CT molecular complexity index is 1370. The van der Waals surface area contributed by atoms with Gasteiger partial charge >= 0.3 is 5.97 Å². The maximum Gasteiger partial charge on any atom is 0.326 e. The van der Waals surface area contributed by atoms with Crippen molar-refractivity contribution in [1.82, 2.24) is 14.1 Å². The highest BCUT2D eigenvalue weighted by Crippen LogP contribution is 2.36. The Balaban J connectivity index is 1.38. The number of nitrogens with zero attached hydrogens (tertiary/aromatic N) is 3. The van der Waals surface area contributed by atoms with Crippen LogP contribution < -0.4 is 4.74 Å². The molecule has 2 heterocycles. The van der Waals surface area contributed by atoms with E-state index in [1.807, 2.05) is 0 Å². The Morgan fingerprint density at radius 3 is 2.00 bits per heavy atom. The molecule has 1 N–H and O–H groups in total. The van der Waals surface area contributed by atoms with Gasteiger partial charge in [0, 0.05) is 32.6 Å². The Morgan fingerprint density at radius 1 is 1.00 bits per heavy atom. The number of rotatable bonds is 8. The molecule has 202 valence electrons. The van der Waals surface area contributed by atoms with Crippen molar-refractivity contribution in [1.29, 1.82) is 0 Å². The molecule has 1 atom stereocenters. The molecule has 0 aliphatic carbocycles. The number of piperazine rings is 1. The van der Waals surface area contributed by atoms with E-state index in [1.165, 1.54) is 40.6 Å². The maximum atomic E-state index is 13.2. The fourth-order valence-electron chi connectivity index (χ4n) is 4.48. The minimum Gasteiger partial charge on any atom is -0.494 e. The van der Waals surface area contributed by atoms with Crippen LogP contribution in [0, 0.1) is 0 Å². The number of imide groups is 1. The van der Waals surface area contributed by atoms with Crippen LogP contribution in [0.2, 0.25) is 0 Å². The summed E-state index contributed by atoms with van der Waals surface area (Å²) in [7, 11) is -2.38. The third-order valence-electron chi connectivity index (χ3n) is 6.46. The zero-order valence-corrected chi connectivity index (χ0v) is 24.1. The number of aliphatic carboxylic acids is 1. The van der Waals surface area contributed by atoms with Crippen LogP contribution in [0.3, 0.4) is 0 Å². The van der Waals surface area contributed by atoms with Crippen molar-refractivity contribution in [3.05, 3.63) is 56.5 Å². The first-order valence-corrected chi connectivity index (χ1v) is 14.5. The fourth-order valence-corrected chi connectivity index (χ4v) is 7.77. The van der Waals surface area contributed by atoms with Crippen LogP contribution in [0.25, 0.3) is 0 Å². The van der Waals surface area contributed by atoms with E-state index in [2.05, 4.69) is 31.9 Å². The number of hydrogen-bond acceptors (Lipinski definition) is 7. The van der Waals surface area contributed by atoms with Crippen LogP contribution in [0.1, 0.15) is 33.6 Å². The summed E-state index contributed by atoms with van der Waals surface area (Å²) >= 11 is 6.61. The van der Waals surface area contributed by atoms with E-state index in [-0.39, 0.29) is 61.0 Å². The van der Waals surface area contributed by atoms with Gasteiger partial charge in [0.1, 0.15) is 11.8 Å². The first-order valence-electron chi connectivity index (χ1n) is 11.5. The molecule has 4 rings (SSSR count). The Kier molecular flexibility index (Phi) is 8.26. The van der Waals surface area contributed by atoms with Gasteiger partial charge < -0.3 is 14.7 Å². The second-order valence-corrected chi connectivity index (χ2v) is 12.3. The number of ether oxygens (including phenoxy) is 1. The Labute approximate surface area is 235 Å². The molecule has 14 heteroatoms. The molecule has 2 aliphatic rings. The molecule has 3 amide bonds. The van der Waals surface area contributed by atoms with Gasteiger partial charge in [0.25, 0.3) is 11.8 Å². The van der Waals surface area contributed by atoms with E-state index < -0.39 is 33.8 Å². The van der Waals surface area contributed by atoms with Gasteiger partial charge in [0.15, 0.2) is 0 Å². The highest BCUT2D eigenvalue weighted by atomic mass is 79.9. The van der Waals surface area contributed by atoms with Crippen molar-refractivity contribution in [3.63, 3.8) is 0 Å². The molecule has 0 bridgehead atoms. The lowest BCUT2D eigenvalue weighted by Crippen LogP contribution is -2.51. The number of carbonyl (C=O) groups excluding carboxylic acids is 3. The smallest absolute Gasteiger partial charge is 0.326 e. The van der Waals surface area contributed by atoms with Gasteiger partial charge in [-0.2, -0.15) is 4.31 Å². The first-order chi connectivity index (χ1) is 18.0. The second-order valence-electron chi connectivity index (χ2n) is 8.62.